The van der Waals surface area contributed by atoms with Crippen LogP contribution in [0.5, 0.6) is 0 Å². The Morgan fingerprint density at radius 1 is 0.333 bits per heavy atom. The third-order valence-corrected chi connectivity index (χ3v) is 14.9. The molecule has 4 nitrogen and oxygen atoms in total. The summed E-state index contributed by atoms with van der Waals surface area (Å²) in [4.78, 5) is 11.2. The lowest BCUT2D eigenvalue weighted by atomic mass is 10.1. The number of hydrogen-bond acceptors (Lipinski definition) is 2. The topological polar surface area (TPSA) is 57.4 Å². The van der Waals surface area contributed by atoms with Gasteiger partial charge in [0.2, 0.25) is 0 Å². The van der Waals surface area contributed by atoms with Crippen LogP contribution in [0.2, 0.25) is 0 Å². The van der Waals surface area contributed by atoms with Crippen LogP contribution in [0.25, 0.3) is 40.0 Å². The van der Waals surface area contributed by atoms with Gasteiger partial charge in [-0.25, -0.2) is 9.97 Å². The van der Waals surface area contributed by atoms with E-state index in [0.717, 1.165) is 0 Å². The van der Waals surface area contributed by atoms with Crippen LogP contribution in [0.4, 0.5) is 52.7 Å². The van der Waals surface area contributed by atoms with Crippen LogP contribution in [-0.2, 0) is 24.7 Å². The molecule has 0 radical (unpaired) electrons. The molecule has 0 saturated heterocycles. The molecule has 0 aliphatic carbocycles. The van der Waals surface area contributed by atoms with Crippen molar-refractivity contribution in [3.8, 4) is 0 Å². The number of aromatic nitrogens is 4. The minimum absolute atomic E-state index is 0.673. The van der Waals surface area contributed by atoms with Gasteiger partial charge in [0.05, 0.1) is 80.7 Å². The zero-order chi connectivity index (χ0) is 36.4. The van der Waals surface area contributed by atoms with Crippen LogP contribution in [0.3, 0.4) is 0 Å². The molecule has 0 unspecified atom stereocenters. The molecule has 2 aliphatic heterocycles. The average molecular weight is 1210 g/mol. The summed E-state index contributed by atoms with van der Waals surface area (Å²) in [5, 5.41) is 0. The van der Waals surface area contributed by atoms with Crippen molar-refractivity contribution < 1.29 is 52.7 Å². The van der Waals surface area contributed by atoms with Crippen molar-refractivity contribution in [1.82, 2.24) is 19.9 Å². The zero-order valence-electron chi connectivity index (χ0n) is 21.5. The number of aromatic amines is 2. The van der Waals surface area contributed by atoms with E-state index in [-0.39, 0.29) is 0 Å². The molecule has 0 atom stereocenters. The summed E-state index contributed by atoms with van der Waals surface area (Å²) in [7, 11) is 0. The number of hydrogen-bond donors (Lipinski definition) is 2. The van der Waals surface area contributed by atoms with Gasteiger partial charge in [-0.2, -0.15) is 52.7 Å². The summed E-state index contributed by atoms with van der Waals surface area (Å²) in [5.74, 6) is 0. The Morgan fingerprint density at radius 2 is 0.542 bits per heavy atom. The summed E-state index contributed by atoms with van der Waals surface area (Å²) < 4.78 is 172. The first kappa shape index (κ1) is 38.8. The number of H-pyrrole nitrogens is 2. The Bertz CT molecular complexity index is 2030. The fraction of sp³-hybridized carbons (Fsp3) is 0.167. The van der Waals surface area contributed by atoms with E-state index in [1.807, 2.05) is 9.97 Å². The Balaban J connectivity index is 2.33. The fourth-order valence-electron chi connectivity index (χ4n) is 4.67. The van der Waals surface area contributed by atoms with Crippen molar-refractivity contribution in [1.29, 1.82) is 0 Å². The van der Waals surface area contributed by atoms with E-state index in [4.69, 9.17) is 0 Å². The molecule has 48 heavy (non-hydrogen) atoms. The highest BCUT2D eigenvalue weighted by atomic mass is 79.9. The predicted octanol–water partition coefficient (Wildman–Crippen LogP) is 14.7. The van der Waals surface area contributed by atoms with E-state index < -0.39 is 128 Å². The molecule has 2 aliphatic rings. The van der Waals surface area contributed by atoms with Crippen LogP contribution in [0.15, 0.2) is 17.9 Å². The van der Waals surface area contributed by atoms with Gasteiger partial charge in [0.25, 0.3) is 0 Å². The summed E-state index contributed by atoms with van der Waals surface area (Å²) in [6.07, 6.45) is -21.9. The maximum Gasteiger partial charge on any atom is 0.420 e. The number of fused-ring (bicyclic) bond motifs is 8. The van der Waals surface area contributed by atoms with E-state index in [0.29, 0.717) is 0 Å². The SMILES string of the molecule is FC(F)(F)c1c2nc(c(C(F)(F)F)c3[nH]c(c(Br)c3Br)c(C(F)(F)F)c3[nH]c(c(Br)c3Br)c(C(F)(F)F)c3nc1C(Br)=C3Br)C(Br)=C2Br. The van der Waals surface area contributed by atoms with Crippen LogP contribution >= 0.6 is 127 Å². The van der Waals surface area contributed by atoms with Crippen molar-refractivity contribution >= 4 is 167 Å². The molecule has 0 aromatic carbocycles. The van der Waals surface area contributed by atoms with Gasteiger partial charge < -0.3 is 9.97 Å². The minimum Gasteiger partial charge on any atom is -0.352 e. The van der Waals surface area contributed by atoms with E-state index >= 15 is 0 Å². The van der Waals surface area contributed by atoms with Crippen molar-refractivity contribution in [2.75, 3.05) is 0 Å². The maximum absolute atomic E-state index is 14.8. The van der Waals surface area contributed by atoms with E-state index in [1.165, 1.54) is 0 Å². The van der Waals surface area contributed by atoms with Crippen LogP contribution in [0, 0.1) is 0 Å². The van der Waals surface area contributed by atoms with Crippen LogP contribution in [-0.4, -0.2) is 19.9 Å². The van der Waals surface area contributed by atoms with Gasteiger partial charge in [-0.15, -0.1) is 0 Å². The summed E-state index contributed by atoms with van der Waals surface area (Å²) in [5.41, 5.74) is -16.6. The van der Waals surface area contributed by atoms with Gasteiger partial charge in [-0.05, 0) is 127 Å². The highest BCUT2D eigenvalue weighted by Crippen LogP contribution is 2.54. The second-order valence-corrected chi connectivity index (χ2v) is 15.7. The van der Waals surface area contributed by atoms with E-state index in [9.17, 15) is 52.7 Å². The van der Waals surface area contributed by atoms with Crippen LogP contribution in [0.1, 0.15) is 45.0 Å². The van der Waals surface area contributed by atoms with E-state index in [1.54, 1.807) is 0 Å². The monoisotopic (exact) mass is 1210 g/mol. The second-order valence-electron chi connectivity index (χ2n) is 9.37. The van der Waals surface area contributed by atoms with Crippen molar-refractivity contribution in [3.63, 3.8) is 0 Å². The second kappa shape index (κ2) is 12.6. The molecule has 8 bridgehead atoms. The highest BCUT2D eigenvalue weighted by Gasteiger charge is 2.47. The Labute approximate surface area is 324 Å². The molecule has 24 heteroatoms. The molecule has 0 spiro atoms. The van der Waals surface area contributed by atoms with Gasteiger partial charge >= 0.3 is 24.7 Å². The zero-order valence-corrected chi connectivity index (χ0v) is 34.1. The Morgan fingerprint density at radius 3 is 0.771 bits per heavy atom. The first-order valence-corrected chi connectivity index (χ1v) is 18.0. The quantitative estimate of drug-likeness (QED) is 0.220. The number of halogens is 20. The third kappa shape index (κ3) is 6.34. The lowest BCUT2D eigenvalue weighted by Gasteiger charge is -2.11. The highest BCUT2D eigenvalue weighted by molar-refractivity contribution is 9.18. The predicted molar refractivity (Wildman–Crippen MR) is 181 cm³/mol. The van der Waals surface area contributed by atoms with Crippen molar-refractivity contribution in [2.24, 2.45) is 0 Å². The lowest BCUT2D eigenvalue weighted by Crippen LogP contribution is -2.12. The minimum atomic E-state index is -5.51. The molecular formula is C24H2Br8F12N4. The van der Waals surface area contributed by atoms with Crippen LogP contribution < -0.4 is 0 Å². The third-order valence-electron chi connectivity index (χ3n) is 6.51. The van der Waals surface area contributed by atoms with Crippen molar-refractivity contribution in [3.05, 3.63) is 62.9 Å². The molecule has 258 valence electrons. The van der Waals surface area contributed by atoms with Gasteiger partial charge in [0.1, 0.15) is 22.3 Å². The standard InChI is InChI=1S/C24H2Br8F12N4/c25-5-7(27)15-2(22(36,37)38)17-9(29)11(31)19(47-17)4(24(42,43)44)20-12(32)10(30)18(48-20)3(23(39,40)41)16-8(28)6(26)14(46-16)1(13(5)45-15)21(33,34)35/h45-46H. The molecule has 3 aromatic heterocycles. The molecule has 5 heterocycles. The molecule has 2 N–H and O–H groups in total. The molecule has 0 amide bonds. The molecule has 0 fully saturated rings. The fourth-order valence-corrected chi connectivity index (χ4v) is 8.55. The number of nitrogens with one attached hydrogen (secondary N) is 2. The van der Waals surface area contributed by atoms with Gasteiger partial charge in [-0.1, -0.05) is 0 Å². The first-order valence-electron chi connectivity index (χ1n) is 11.7. The summed E-state index contributed by atoms with van der Waals surface area (Å²) >= 11 is 22.5. The van der Waals surface area contributed by atoms with Gasteiger partial charge in [-0.3, -0.25) is 0 Å². The number of nitrogens with zero attached hydrogens (tertiary/aromatic N) is 2. The average Bonchev–Trinajstić information content (AvgIpc) is 3.55. The first-order chi connectivity index (χ1) is 21.7. The molecule has 3 aromatic rings. The normalized spacial score (nSPS) is 14.9. The Hall–Kier alpha value is -0.400. The number of rotatable bonds is 0. The summed E-state index contributed by atoms with van der Waals surface area (Å²) in [6, 6.07) is 0. The Kier molecular flexibility index (Phi) is 10.2. The van der Waals surface area contributed by atoms with Gasteiger partial charge in [0.15, 0.2) is 0 Å². The summed E-state index contributed by atoms with van der Waals surface area (Å²) in [6.45, 7) is 0. The number of alkyl halides is 12. The van der Waals surface area contributed by atoms with Gasteiger partial charge in [0, 0.05) is 0 Å². The molecule has 5 rings (SSSR count). The molecular weight excluding hydrogens is 1210 g/mol. The van der Waals surface area contributed by atoms with Crippen molar-refractivity contribution in [2.45, 2.75) is 24.7 Å². The maximum atomic E-state index is 14.8. The largest absolute Gasteiger partial charge is 0.420 e. The molecule has 0 saturated carbocycles. The smallest absolute Gasteiger partial charge is 0.352 e. The lowest BCUT2D eigenvalue weighted by molar-refractivity contribution is -0.138. The van der Waals surface area contributed by atoms with E-state index in [2.05, 4.69) is 137 Å².